The average molecular weight is 411 g/mol. The molecule has 0 bridgehead atoms. The Morgan fingerprint density at radius 1 is 1.19 bits per heavy atom. The van der Waals surface area contributed by atoms with E-state index in [2.05, 4.69) is 12.1 Å². The Labute approximate surface area is 180 Å². The molecule has 1 aromatic heterocycles. The van der Waals surface area contributed by atoms with E-state index in [4.69, 9.17) is 19.7 Å². The quantitative estimate of drug-likeness (QED) is 0.635. The molecule has 1 aliphatic heterocycles. The summed E-state index contributed by atoms with van der Waals surface area (Å²) in [7, 11) is 1.75. The van der Waals surface area contributed by atoms with Gasteiger partial charge in [-0.2, -0.15) is 5.26 Å². The van der Waals surface area contributed by atoms with E-state index in [0.29, 0.717) is 18.5 Å². The van der Waals surface area contributed by atoms with Gasteiger partial charge in [-0.15, -0.1) is 0 Å². The molecule has 0 N–H and O–H groups in total. The number of nitriles is 1. The predicted octanol–water partition coefficient (Wildman–Crippen LogP) is 4.44. The van der Waals surface area contributed by atoms with Crippen molar-refractivity contribution in [1.82, 2.24) is 9.88 Å². The molecule has 6 nitrogen and oxygen atoms in total. The molecule has 0 saturated heterocycles. The van der Waals surface area contributed by atoms with Crippen LogP contribution in [0.2, 0.25) is 0 Å². The minimum Gasteiger partial charge on any atom is -0.454 e. The highest BCUT2D eigenvalue weighted by Crippen LogP contribution is 2.39. The van der Waals surface area contributed by atoms with Crippen molar-refractivity contribution in [3.05, 3.63) is 64.8 Å². The van der Waals surface area contributed by atoms with Crippen LogP contribution >= 0.6 is 0 Å². The van der Waals surface area contributed by atoms with Crippen LogP contribution in [0.25, 0.3) is 22.6 Å². The summed E-state index contributed by atoms with van der Waals surface area (Å²) in [5.74, 6) is 1.44. The van der Waals surface area contributed by atoms with Gasteiger partial charge in [-0.25, -0.2) is 4.98 Å². The highest BCUT2D eigenvalue weighted by molar-refractivity contribution is 6.09. The molecule has 0 atom stereocenters. The van der Waals surface area contributed by atoms with E-state index in [1.807, 2.05) is 42.5 Å². The molecule has 5 rings (SSSR count). The third kappa shape index (κ3) is 3.38. The Kier molecular flexibility index (Phi) is 4.79. The van der Waals surface area contributed by atoms with E-state index in [1.54, 1.807) is 11.9 Å². The number of pyridine rings is 1. The van der Waals surface area contributed by atoms with Gasteiger partial charge < -0.3 is 14.4 Å². The lowest BCUT2D eigenvalue weighted by Gasteiger charge is -2.19. The standard InChI is InChI=1S/C25H21N3O3/c1-28(12-4-11-26)25(29)23-18-5-2-3-6-20(18)27-24-17(8-9-19(23)24)13-16-7-10-21-22(14-16)31-15-30-21/h2-3,5-7,10,13-14H,4,8-9,12,15H2,1H3/b17-13-. The number of benzene rings is 2. The highest BCUT2D eigenvalue weighted by atomic mass is 16.7. The molecule has 6 heteroatoms. The number of fused-ring (bicyclic) bond motifs is 3. The normalized spacial score (nSPS) is 15.2. The van der Waals surface area contributed by atoms with Gasteiger partial charge in [-0.05, 0) is 53.8 Å². The van der Waals surface area contributed by atoms with Gasteiger partial charge in [0.05, 0.1) is 29.3 Å². The Morgan fingerprint density at radius 3 is 2.90 bits per heavy atom. The minimum atomic E-state index is -0.0607. The molecule has 0 saturated carbocycles. The molecule has 0 fully saturated rings. The molecule has 154 valence electrons. The van der Waals surface area contributed by atoms with Crippen LogP contribution in [0.15, 0.2) is 42.5 Å². The molecule has 2 aliphatic rings. The third-order valence-electron chi connectivity index (χ3n) is 5.80. The topological polar surface area (TPSA) is 75.5 Å². The summed E-state index contributed by atoms with van der Waals surface area (Å²) in [5.41, 5.74) is 5.49. The summed E-state index contributed by atoms with van der Waals surface area (Å²) in [5, 5.41) is 9.77. The second-order valence-corrected chi connectivity index (χ2v) is 7.75. The number of ether oxygens (including phenoxy) is 2. The second kappa shape index (κ2) is 7.77. The van der Waals surface area contributed by atoms with Crippen LogP contribution in [0.3, 0.4) is 0 Å². The maximum Gasteiger partial charge on any atom is 0.254 e. The number of para-hydroxylation sites is 1. The number of rotatable bonds is 4. The van der Waals surface area contributed by atoms with Gasteiger partial charge in [0, 0.05) is 19.0 Å². The van der Waals surface area contributed by atoms with Crippen molar-refractivity contribution in [1.29, 1.82) is 5.26 Å². The van der Waals surface area contributed by atoms with Gasteiger partial charge in [0.15, 0.2) is 11.5 Å². The SMILES string of the molecule is CN(CCC#N)C(=O)c1c2c(nc3ccccc13)/C(=C\c1ccc3c(c1)OCO3)CC2. The van der Waals surface area contributed by atoms with Crippen molar-refractivity contribution in [2.24, 2.45) is 0 Å². The molecule has 0 radical (unpaired) electrons. The van der Waals surface area contributed by atoms with Crippen LogP contribution in [0.4, 0.5) is 0 Å². The number of carbonyl (C=O) groups is 1. The molecule has 31 heavy (non-hydrogen) atoms. The van der Waals surface area contributed by atoms with Crippen molar-refractivity contribution in [2.45, 2.75) is 19.3 Å². The zero-order valence-electron chi connectivity index (χ0n) is 17.2. The number of amides is 1. The van der Waals surface area contributed by atoms with Gasteiger partial charge in [-0.1, -0.05) is 24.3 Å². The number of nitrogens with zero attached hydrogens (tertiary/aromatic N) is 3. The van der Waals surface area contributed by atoms with Crippen molar-refractivity contribution in [3.8, 4) is 17.6 Å². The van der Waals surface area contributed by atoms with E-state index < -0.39 is 0 Å². The first-order valence-electron chi connectivity index (χ1n) is 10.3. The third-order valence-corrected chi connectivity index (χ3v) is 5.80. The van der Waals surface area contributed by atoms with Gasteiger partial charge in [0.1, 0.15) is 0 Å². The number of hydrogen-bond acceptors (Lipinski definition) is 5. The summed E-state index contributed by atoms with van der Waals surface area (Å²) in [6.45, 7) is 0.650. The van der Waals surface area contributed by atoms with Gasteiger partial charge in [0.25, 0.3) is 5.91 Å². The van der Waals surface area contributed by atoms with Gasteiger partial charge >= 0.3 is 0 Å². The van der Waals surface area contributed by atoms with E-state index in [9.17, 15) is 4.79 Å². The first-order valence-corrected chi connectivity index (χ1v) is 10.3. The van der Waals surface area contributed by atoms with Crippen LogP contribution in [-0.2, 0) is 6.42 Å². The van der Waals surface area contributed by atoms with Crippen molar-refractivity contribution < 1.29 is 14.3 Å². The first-order chi connectivity index (χ1) is 15.2. The van der Waals surface area contributed by atoms with Crippen LogP contribution in [-0.4, -0.2) is 36.2 Å². The zero-order chi connectivity index (χ0) is 21.4. The van der Waals surface area contributed by atoms with E-state index in [0.717, 1.165) is 57.6 Å². The van der Waals surface area contributed by atoms with Crippen LogP contribution in [0, 0.1) is 11.3 Å². The minimum absolute atomic E-state index is 0.0607. The van der Waals surface area contributed by atoms with Gasteiger partial charge in [0.2, 0.25) is 6.79 Å². The van der Waals surface area contributed by atoms with E-state index in [-0.39, 0.29) is 12.7 Å². The Morgan fingerprint density at radius 2 is 2.03 bits per heavy atom. The van der Waals surface area contributed by atoms with Crippen molar-refractivity contribution >= 4 is 28.5 Å². The van der Waals surface area contributed by atoms with Gasteiger partial charge in [-0.3, -0.25) is 4.79 Å². The summed E-state index contributed by atoms with van der Waals surface area (Å²) >= 11 is 0. The Balaban J connectivity index is 1.61. The molecule has 1 aliphatic carbocycles. The molecular formula is C25H21N3O3. The van der Waals surface area contributed by atoms with Crippen molar-refractivity contribution in [2.75, 3.05) is 20.4 Å². The zero-order valence-corrected chi connectivity index (χ0v) is 17.2. The number of hydrogen-bond donors (Lipinski definition) is 0. The van der Waals surface area contributed by atoms with Crippen LogP contribution in [0.5, 0.6) is 11.5 Å². The predicted molar refractivity (Wildman–Crippen MR) is 118 cm³/mol. The highest BCUT2D eigenvalue weighted by Gasteiger charge is 2.28. The summed E-state index contributed by atoms with van der Waals surface area (Å²) in [6.07, 6.45) is 4.00. The number of carbonyl (C=O) groups excluding carboxylic acids is 1. The molecule has 2 heterocycles. The Bertz CT molecular complexity index is 1270. The average Bonchev–Trinajstić information content (AvgIpc) is 3.42. The molecule has 2 aromatic carbocycles. The summed E-state index contributed by atoms with van der Waals surface area (Å²) < 4.78 is 10.9. The molecule has 1 amide bonds. The van der Waals surface area contributed by atoms with Crippen LogP contribution < -0.4 is 9.47 Å². The molecule has 3 aromatic rings. The maximum atomic E-state index is 13.4. The fourth-order valence-corrected chi connectivity index (χ4v) is 4.24. The summed E-state index contributed by atoms with van der Waals surface area (Å²) in [6, 6.07) is 15.8. The fourth-order valence-electron chi connectivity index (χ4n) is 4.24. The summed E-state index contributed by atoms with van der Waals surface area (Å²) in [4.78, 5) is 19.9. The fraction of sp³-hybridized carbons (Fsp3) is 0.240. The number of aromatic nitrogens is 1. The number of allylic oxidation sites excluding steroid dienone is 1. The van der Waals surface area contributed by atoms with E-state index >= 15 is 0 Å². The second-order valence-electron chi connectivity index (χ2n) is 7.75. The largest absolute Gasteiger partial charge is 0.454 e. The van der Waals surface area contributed by atoms with E-state index in [1.165, 1.54) is 0 Å². The lowest BCUT2D eigenvalue weighted by atomic mass is 9.99. The molecule has 0 unspecified atom stereocenters. The van der Waals surface area contributed by atoms with Crippen molar-refractivity contribution in [3.63, 3.8) is 0 Å². The molecular weight excluding hydrogens is 390 g/mol. The Hall–Kier alpha value is -3.85. The van der Waals surface area contributed by atoms with Crippen LogP contribution in [0.1, 0.15) is 40.0 Å². The lowest BCUT2D eigenvalue weighted by molar-refractivity contribution is 0.0799. The maximum absolute atomic E-state index is 13.4. The molecule has 0 spiro atoms. The lowest BCUT2D eigenvalue weighted by Crippen LogP contribution is -2.28. The smallest absolute Gasteiger partial charge is 0.254 e. The monoisotopic (exact) mass is 411 g/mol. The first kappa shape index (κ1) is 19.1.